The fourth-order valence-electron chi connectivity index (χ4n) is 2.90. The monoisotopic (exact) mass is 333 g/mol. The molecule has 0 spiro atoms. The third-order valence-corrected chi connectivity index (χ3v) is 4.42. The number of likely N-dealkylation sites (tertiary alicyclic amines) is 1. The van der Waals surface area contributed by atoms with Crippen molar-refractivity contribution in [2.45, 2.75) is 50.5 Å². The van der Waals surface area contributed by atoms with Crippen molar-refractivity contribution in [2.75, 3.05) is 32.8 Å². The summed E-state index contributed by atoms with van der Waals surface area (Å²) in [4.78, 5) is 26.2. The van der Waals surface area contributed by atoms with Gasteiger partial charge in [0.05, 0.1) is 5.54 Å². The van der Waals surface area contributed by atoms with Gasteiger partial charge in [0, 0.05) is 39.3 Å². The quantitative estimate of drug-likeness (QED) is 0.798. The number of rotatable bonds is 4. The van der Waals surface area contributed by atoms with Gasteiger partial charge in [-0.2, -0.15) is 0 Å². The van der Waals surface area contributed by atoms with Crippen molar-refractivity contribution < 1.29 is 14.3 Å². The lowest BCUT2D eigenvalue weighted by Gasteiger charge is -2.31. The van der Waals surface area contributed by atoms with E-state index in [2.05, 4.69) is 5.32 Å². The number of carbonyl (C=O) groups excluding carboxylic acids is 2. The van der Waals surface area contributed by atoms with Gasteiger partial charge >= 0.3 is 0 Å². The topological polar surface area (TPSA) is 84.7 Å². The maximum atomic E-state index is 12.1. The number of amides is 2. The smallest absolute Gasteiger partial charge is 0.240 e. The number of nitrogens with one attached hydrogen (secondary N) is 1. The Labute approximate surface area is 138 Å². The van der Waals surface area contributed by atoms with Gasteiger partial charge in [-0.25, -0.2) is 0 Å². The molecule has 6 nitrogen and oxygen atoms in total. The molecule has 3 N–H and O–H groups in total. The molecule has 2 rings (SSSR count). The molecule has 2 amide bonds. The van der Waals surface area contributed by atoms with Gasteiger partial charge in [-0.15, -0.1) is 12.4 Å². The zero-order chi connectivity index (χ0) is 15.1. The minimum Gasteiger partial charge on any atom is -0.381 e. The average Bonchev–Trinajstić information content (AvgIpc) is 2.77. The van der Waals surface area contributed by atoms with E-state index in [4.69, 9.17) is 10.5 Å². The van der Waals surface area contributed by atoms with E-state index in [0.29, 0.717) is 39.0 Å². The first kappa shape index (κ1) is 19.2. The van der Waals surface area contributed by atoms with E-state index in [1.807, 2.05) is 4.90 Å². The number of nitrogens with zero attached hydrogens (tertiary/aromatic N) is 1. The minimum atomic E-state index is -0.829. The highest BCUT2D eigenvalue weighted by Gasteiger charge is 2.35. The zero-order valence-corrected chi connectivity index (χ0v) is 14.0. The highest BCUT2D eigenvalue weighted by atomic mass is 35.5. The van der Waals surface area contributed by atoms with Crippen LogP contribution in [0.3, 0.4) is 0 Å². The van der Waals surface area contributed by atoms with Crippen LogP contribution in [0.25, 0.3) is 0 Å². The van der Waals surface area contributed by atoms with Gasteiger partial charge in [-0.3, -0.25) is 9.59 Å². The van der Waals surface area contributed by atoms with Crippen molar-refractivity contribution in [1.29, 1.82) is 0 Å². The number of halogens is 1. The molecule has 0 atom stereocenters. The number of nitrogens with two attached hydrogens (primary N) is 1. The van der Waals surface area contributed by atoms with Crippen molar-refractivity contribution in [1.82, 2.24) is 10.2 Å². The molecule has 0 aromatic heterocycles. The molecule has 0 bridgehead atoms. The Kier molecular flexibility index (Phi) is 8.14. The van der Waals surface area contributed by atoms with Crippen LogP contribution in [0.2, 0.25) is 0 Å². The van der Waals surface area contributed by atoms with Gasteiger partial charge in [0.2, 0.25) is 11.8 Å². The molecule has 128 valence electrons. The van der Waals surface area contributed by atoms with Crippen LogP contribution >= 0.6 is 12.4 Å². The van der Waals surface area contributed by atoms with Gasteiger partial charge in [0.25, 0.3) is 0 Å². The van der Waals surface area contributed by atoms with Crippen LogP contribution in [0.15, 0.2) is 0 Å². The Morgan fingerprint density at radius 3 is 2.27 bits per heavy atom. The SMILES string of the molecule is Cl.NC1(C(=O)NCCC(=O)N2CCCCCC2)CCOCC1. The molecule has 22 heavy (non-hydrogen) atoms. The van der Waals surface area contributed by atoms with Gasteiger partial charge in [-0.1, -0.05) is 12.8 Å². The van der Waals surface area contributed by atoms with Gasteiger partial charge < -0.3 is 20.7 Å². The summed E-state index contributed by atoms with van der Waals surface area (Å²) >= 11 is 0. The molecule has 0 radical (unpaired) electrons. The fourth-order valence-corrected chi connectivity index (χ4v) is 2.90. The number of carbonyl (C=O) groups is 2. The summed E-state index contributed by atoms with van der Waals surface area (Å²) in [6, 6.07) is 0. The second-order valence-electron chi connectivity index (χ2n) is 6.07. The predicted molar refractivity (Wildman–Crippen MR) is 86.9 cm³/mol. The summed E-state index contributed by atoms with van der Waals surface area (Å²) in [7, 11) is 0. The maximum absolute atomic E-state index is 12.1. The summed E-state index contributed by atoms with van der Waals surface area (Å²) < 4.78 is 5.23. The molecule has 0 aliphatic carbocycles. The van der Waals surface area contributed by atoms with Crippen molar-refractivity contribution >= 4 is 24.2 Å². The molecule has 7 heteroatoms. The molecular formula is C15H28ClN3O3. The Balaban J connectivity index is 0.00000242. The van der Waals surface area contributed by atoms with Crippen molar-refractivity contribution in [3.8, 4) is 0 Å². The molecule has 2 fully saturated rings. The van der Waals surface area contributed by atoms with Crippen LogP contribution in [-0.4, -0.2) is 55.1 Å². The molecule has 2 saturated heterocycles. The van der Waals surface area contributed by atoms with Gasteiger partial charge in [0.15, 0.2) is 0 Å². The maximum Gasteiger partial charge on any atom is 0.240 e. The lowest BCUT2D eigenvalue weighted by molar-refractivity contribution is -0.132. The first-order valence-electron chi connectivity index (χ1n) is 8.04. The molecule has 0 aromatic rings. The summed E-state index contributed by atoms with van der Waals surface area (Å²) in [5, 5.41) is 2.81. The van der Waals surface area contributed by atoms with Crippen molar-refractivity contribution in [3.63, 3.8) is 0 Å². The third kappa shape index (κ3) is 5.41. The average molecular weight is 334 g/mol. The molecule has 0 aromatic carbocycles. The van der Waals surface area contributed by atoms with E-state index in [0.717, 1.165) is 25.9 Å². The second-order valence-corrected chi connectivity index (χ2v) is 6.07. The number of hydrogen-bond donors (Lipinski definition) is 2. The Hall–Kier alpha value is -0.850. The summed E-state index contributed by atoms with van der Waals surface area (Å²) in [6.07, 6.45) is 6.03. The summed E-state index contributed by atoms with van der Waals surface area (Å²) in [5.41, 5.74) is 5.27. The fraction of sp³-hybridized carbons (Fsp3) is 0.867. The predicted octanol–water partition coefficient (Wildman–Crippen LogP) is 0.825. The van der Waals surface area contributed by atoms with E-state index in [1.54, 1.807) is 0 Å². The standard InChI is InChI=1S/C15H27N3O3.ClH/c16-15(6-11-21-12-7-15)14(20)17-8-5-13(19)18-9-3-1-2-4-10-18;/h1-12,16H2,(H,17,20);1H. The summed E-state index contributed by atoms with van der Waals surface area (Å²) in [5.74, 6) is -0.0234. The molecule has 0 saturated carbocycles. The first-order chi connectivity index (χ1) is 10.1. The molecule has 2 aliphatic heterocycles. The Bertz CT molecular complexity index is 365. The van der Waals surface area contributed by atoms with Gasteiger partial charge in [0.1, 0.15) is 0 Å². The zero-order valence-electron chi connectivity index (χ0n) is 13.1. The Morgan fingerprint density at radius 2 is 1.68 bits per heavy atom. The van der Waals surface area contributed by atoms with E-state index >= 15 is 0 Å². The molecule has 2 heterocycles. The number of hydrogen-bond acceptors (Lipinski definition) is 4. The third-order valence-electron chi connectivity index (χ3n) is 4.42. The molecular weight excluding hydrogens is 306 g/mol. The lowest BCUT2D eigenvalue weighted by atomic mass is 9.90. The summed E-state index contributed by atoms with van der Waals surface area (Å²) in [6.45, 7) is 3.12. The lowest BCUT2D eigenvalue weighted by Crippen LogP contribution is -2.57. The van der Waals surface area contributed by atoms with Crippen LogP contribution in [-0.2, 0) is 14.3 Å². The van der Waals surface area contributed by atoms with Crippen LogP contribution < -0.4 is 11.1 Å². The molecule has 2 aliphatic rings. The second kappa shape index (κ2) is 9.33. The van der Waals surface area contributed by atoms with Crippen LogP contribution in [0.1, 0.15) is 44.9 Å². The minimum absolute atomic E-state index is 0. The normalized spacial score (nSPS) is 21.4. The highest BCUT2D eigenvalue weighted by Crippen LogP contribution is 2.17. The highest BCUT2D eigenvalue weighted by molar-refractivity contribution is 5.86. The number of ether oxygens (including phenoxy) is 1. The van der Waals surface area contributed by atoms with Crippen LogP contribution in [0.4, 0.5) is 0 Å². The van der Waals surface area contributed by atoms with E-state index in [1.165, 1.54) is 12.8 Å². The molecule has 0 unspecified atom stereocenters. The van der Waals surface area contributed by atoms with Crippen molar-refractivity contribution in [2.24, 2.45) is 5.73 Å². The van der Waals surface area contributed by atoms with E-state index < -0.39 is 5.54 Å². The van der Waals surface area contributed by atoms with E-state index in [9.17, 15) is 9.59 Å². The van der Waals surface area contributed by atoms with Gasteiger partial charge in [-0.05, 0) is 25.7 Å². The van der Waals surface area contributed by atoms with E-state index in [-0.39, 0.29) is 24.2 Å². The van der Waals surface area contributed by atoms with Crippen molar-refractivity contribution in [3.05, 3.63) is 0 Å². The van der Waals surface area contributed by atoms with Crippen LogP contribution in [0.5, 0.6) is 0 Å². The first-order valence-corrected chi connectivity index (χ1v) is 8.04. The Morgan fingerprint density at radius 1 is 1.09 bits per heavy atom. The largest absolute Gasteiger partial charge is 0.381 e. The van der Waals surface area contributed by atoms with Crippen LogP contribution in [0, 0.1) is 0 Å².